The molecule has 0 aliphatic rings. The van der Waals surface area contributed by atoms with Crippen molar-refractivity contribution in [2.24, 2.45) is 5.73 Å². The number of rotatable bonds is 4. The van der Waals surface area contributed by atoms with Crippen LogP contribution in [-0.2, 0) is 10.3 Å². The van der Waals surface area contributed by atoms with E-state index in [2.05, 4.69) is 9.97 Å². The van der Waals surface area contributed by atoms with Gasteiger partial charge >= 0.3 is 0 Å². The van der Waals surface area contributed by atoms with Gasteiger partial charge in [0.05, 0.1) is 12.1 Å². The second kappa shape index (κ2) is 4.30. The first-order valence-corrected chi connectivity index (χ1v) is 4.26. The number of nitrogens with zero attached hydrogens (tertiary/aromatic N) is 2. The first-order valence-electron chi connectivity index (χ1n) is 4.26. The Bertz CT molecular complexity index is 252. The minimum atomic E-state index is -0.462. The van der Waals surface area contributed by atoms with Crippen molar-refractivity contribution in [3.8, 4) is 0 Å². The van der Waals surface area contributed by atoms with Crippen LogP contribution in [0.2, 0.25) is 0 Å². The third-order valence-electron chi connectivity index (χ3n) is 2.17. The van der Waals surface area contributed by atoms with Gasteiger partial charge in [0.25, 0.3) is 0 Å². The van der Waals surface area contributed by atoms with E-state index in [0.717, 1.165) is 12.0 Å². The van der Waals surface area contributed by atoms with Crippen molar-refractivity contribution in [3.63, 3.8) is 0 Å². The predicted octanol–water partition coefficient (Wildman–Crippen LogP) is 0.687. The molecule has 0 aromatic carbocycles. The van der Waals surface area contributed by atoms with E-state index in [4.69, 9.17) is 10.5 Å². The molecule has 0 fully saturated rings. The summed E-state index contributed by atoms with van der Waals surface area (Å²) >= 11 is 0. The van der Waals surface area contributed by atoms with Gasteiger partial charge in [-0.15, -0.1) is 0 Å². The van der Waals surface area contributed by atoms with E-state index in [0.29, 0.717) is 6.61 Å². The Balaban J connectivity index is 2.89. The van der Waals surface area contributed by atoms with Gasteiger partial charge in [-0.2, -0.15) is 0 Å². The molecule has 13 heavy (non-hydrogen) atoms. The average molecular weight is 181 g/mol. The summed E-state index contributed by atoms with van der Waals surface area (Å²) in [4.78, 5) is 7.87. The zero-order chi connectivity index (χ0) is 9.73. The van der Waals surface area contributed by atoms with Crippen LogP contribution in [0.1, 0.15) is 18.9 Å². The van der Waals surface area contributed by atoms with E-state index >= 15 is 0 Å². The lowest BCUT2D eigenvalue weighted by Gasteiger charge is -2.26. The molecule has 1 aromatic heterocycles. The zero-order valence-electron chi connectivity index (χ0n) is 8.03. The highest BCUT2D eigenvalue weighted by molar-refractivity contribution is 5.16. The van der Waals surface area contributed by atoms with E-state index in [1.165, 1.54) is 6.33 Å². The summed E-state index contributed by atoms with van der Waals surface area (Å²) in [6.07, 6.45) is 5.76. The number of ether oxygens (including phenoxy) is 1. The lowest BCUT2D eigenvalue weighted by atomic mass is 9.91. The SMILES string of the molecule is CCC(N)(COC)c1cncnc1. The van der Waals surface area contributed by atoms with Gasteiger partial charge in [-0.1, -0.05) is 6.92 Å². The molecule has 1 atom stereocenters. The molecular weight excluding hydrogens is 166 g/mol. The fraction of sp³-hybridized carbons (Fsp3) is 0.556. The highest BCUT2D eigenvalue weighted by atomic mass is 16.5. The number of nitrogens with two attached hydrogens (primary N) is 1. The lowest BCUT2D eigenvalue weighted by Crippen LogP contribution is -2.40. The first kappa shape index (κ1) is 10.1. The molecule has 4 heteroatoms. The van der Waals surface area contributed by atoms with Crippen LogP contribution in [0, 0.1) is 0 Å². The quantitative estimate of drug-likeness (QED) is 0.742. The Morgan fingerprint density at radius 3 is 2.54 bits per heavy atom. The van der Waals surface area contributed by atoms with Crippen LogP contribution in [0.4, 0.5) is 0 Å². The summed E-state index contributed by atoms with van der Waals surface area (Å²) in [5.74, 6) is 0. The Morgan fingerprint density at radius 2 is 2.08 bits per heavy atom. The second-order valence-electron chi connectivity index (χ2n) is 3.07. The molecule has 0 bridgehead atoms. The van der Waals surface area contributed by atoms with Crippen LogP contribution in [-0.4, -0.2) is 23.7 Å². The molecule has 0 radical (unpaired) electrons. The van der Waals surface area contributed by atoms with E-state index in [9.17, 15) is 0 Å². The van der Waals surface area contributed by atoms with Crippen LogP contribution in [0.25, 0.3) is 0 Å². The predicted molar refractivity (Wildman–Crippen MR) is 50.1 cm³/mol. The van der Waals surface area contributed by atoms with Gasteiger partial charge in [0.15, 0.2) is 0 Å². The third kappa shape index (κ3) is 2.23. The van der Waals surface area contributed by atoms with Crippen molar-refractivity contribution in [1.29, 1.82) is 0 Å². The standard InChI is InChI=1S/C9H15N3O/c1-3-9(10,6-13-2)8-4-11-7-12-5-8/h4-5,7H,3,6,10H2,1-2H3. The minimum absolute atomic E-state index is 0.462. The van der Waals surface area contributed by atoms with Gasteiger partial charge < -0.3 is 10.5 Å². The number of aromatic nitrogens is 2. The van der Waals surface area contributed by atoms with Crippen LogP contribution >= 0.6 is 0 Å². The summed E-state index contributed by atoms with van der Waals surface area (Å²) in [5.41, 5.74) is 6.58. The first-order chi connectivity index (χ1) is 6.23. The molecule has 0 spiro atoms. The molecule has 1 heterocycles. The van der Waals surface area contributed by atoms with Gasteiger partial charge in [-0.3, -0.25) is 0 Å². The molecule has 0 aliphatic carbocycles. The fourth-order valence-corrected chi connectivity index (χ4v) is 1.20. The highest BCUT2D eigenvalue weighted by Crippen LogP contribution is 2.20. The Kier molecular flexibility index (Phi) is 3.33. The molecule has 2 N–H and O–H groups in total. The summed E-state index contributed by atoms with van der Waals surface area (Å²) in [5, 5.41) is 0. The number of methoxy groups -OCH3 is 1. The minimum Gasteiger partial charge on any atom is -0.382 e. The molecule has 0 saturated carbocycles. The van der Waals surface area contributed by atoms with Gasteiger partial charge in [-0.25, -0.2) is 9.97 Å². The molecule has 0 amide bonds. The molecule has 1 unspecified atom stereocenters. The van der Waals surface area contributed by atoms with E-state index in [1.807, 2.05) is 6.92 Å². The van der Waals surface area contributed by atoms with Crippen molar-refractivity contribution < 1.29 is 4.74 Å². The van der Waals surface area contributed by atoms with Crippen LogP contribution < -0.4 is 5.73 Å². The monoisotopic (exact) mass is 181 g/mol. The van der Waals surface area contributed by atoms with Crippen LogP contribution in [0.15, 0.2) is 18.7 Å². The summed E-state index contributed by atoms with van der Waals surface area (Å²) in [6.45, 7) is 2.50. The maximum absolute atomic E-state index is 6.12. The maximum atomic E-state index is 6.12. The van der Waals surface area contributed by atoms with Gasteiger partial charge in [0, 0.05) is 25.1 Å². The topological polar surface area (TPSA) is 61.0 Å². The van der Waals surface area contributed by atoms with E-state index in [1.54, 1.807) is 19.5 Å². The number of hydrogen-bond donors (Lipinski definition) is 1. The molecular formula is C9H15N3O. The molecule has 0 saturated heterocycles. The second-order valence-corrected chi connectivity index (χ2v) is 3.07. The molecule has 1 aromatic rings. The Morgan fingerprint density at radius 1 is 1.46 bits per heavy atom. The van der Waals surface area contributed by atoms with E-state index < -0.39 is 5.54 Å². The summed E-state index contributed by atoms with van der Waals surface area (Å²) in [7, 11) is 1.64. The van der Waals surface area contributed by atoms with Crippen molar-refractivity contribution in [2.45, 2.75) is 18.9 Å². The zero-order valence-corrected chi connectivity index (χ0v) is 8.03. The molecule has 72 valence electrons. The van der Waals surface area contributed by atoms with Crippen molar-refractivity contribution in [2.75, 3.05) is 13.7 Å². The smallest absolute Gasteiger partial charge is 0.115 e. The van der Waals surface area contributed by atoms with Gasteiger partial charge in [0.2, 0.25) is 0 Å². The molecule has 1 rings (SSSR count). The normalized spacial score (nSPS) is 15.3. The summed E-state index contributed by atoms with van der Waals surface area (Å²) in [6, 6.07) is 0. The fourth-order valence-electron chi connectivity index (χ4n) is 1.20. The summed E-state index contributed by atoms with van der Waals surface area (Å²) < 4.78 is 5.07. The maximum Gasteiger partial charge on any atom is 0.115 e. The van der Waals surface area contributed by atoms with E-state index in [-0.39, 0.29) is 0 Å². The molecule has 0 aliphatic heterocycles. The van der Waals surface area contributed by atoms with Crippen molar-refractivity contribution >= 4 is 0 Å². The van der Waals surface area contributed by atoms with Crippen molar-refractivity contribution in [1.82, 2.24) is 9.97 Å². The third-order valence-corrected chi connectivity index (χ3v) is 2.17. The Hall–Kier alpha value is -1.00. The van der Waals surface area contributed by atoms with Gasteiger partial charge in [-0.05, 0) is 6.42 Å². The van der Waals surface area contributed by atoms with Crippen LogP contribution in [0.5, 0.6) is 0 Å². The van der Waals surface area contributed by atoms with Crippen molar-refractivity contribution in [3.05, 3.63) is 24.3 Å². The average Bonchev–Trinajstić information content (AvgIpc) is 2.19. The molecule has 4 nitrogen and oxygen atoms in total. The lowest BCUT2D eigenvalue weighted by molar-refractivity contribution is 0.129. The highest BCUT2D eigenvalue weighted by Gasteiger charge is 2.25. The van der Waals surface area contributed by atoms with Crippen LogP contribution in [0.3, 0.4) is 0 Å². The number of hydrogen-bond acceptors (Lipinski definition) is 4. The van der Waals surface area contributed by atoms with Gasteiger partial charge in [0.1, 0.15) is 6.33 Å². The Labute approximate surface area is 78.1 Å². The largest absolute Gasteiger partial charge is 0.382 e.